The van der Waals surface area contributed by atoms with Crippen molar-refractivity contribution >= 4 is 11.5 Å². The van der Waals surface area contributed by atoms with Gasteiger partial charge in [-0.05, 0) is 39.2 Å². The maximum absolute atomic E-state index is 11.4. The lowest BCUT2D eigenvalue weighted by molar-refractivity contribution is -0.116. The molecule has 0 aliphatic heterocycles. The van der Waals surface area contributed by atoms with Crippen molar-refractivity contribution in [2.45, 2.75) is 40.0 Å². The summed E-state index contributed by atoms with van der Waals surface area (Å²) in [6, 6.07) is 0. The summed E-state index contributed by atoms with van der Waals surface area (Å²) in [5, 5.41) is 0. The van der Waals surface area contributed by atoms with Gasteiger partial charge in [-0.2, -0.15) is 0 Å². The second-order valence-corrected chi connectivity index (χ2v) is 3.46. The third-order valence-electron chi connectivity index (χ3n) is 1.96. The maximum atomic E-state index is 11.4. The van der Waals surface area contributed by atoms with Gasteiger partial charge in [0, 0.05) is 12.1 Å². The standard InChI is InChI=1S/C10H15NO/c1-7(2)11-10-8(3)5-4-6-9(10)12/h4-6H2,1-3H3. The number of hydrogen-bond donors (Lipinski definition) is 0. The summed E-state index contributed by atoms with van der Waals surface area (Å²) in [6.07, 6.45) is 2.69. The minimum absolute atomic E-state index is 0.208. The van der Waals surface area contributed by atoms with E-state index in [2.05, 4.69) is 4.99 Å². The van der Waals surface area contributed by atoms with Crippen LogP contribution in [-0.2, 0) is 4.79 Å². The normalized spacial score (nSPS) is 18.1. The van der Waals surface area contributed by atoms with Gasteiger partial charge in [-0.1, -0.05) is 0 Å². The molecule has 1 rings (SSSR count). The van der Waals surface area contributed by atoms with Crippen molar-refractivity contribution in [2.75, 3.05) is 0 Å². The Morgan fingerprint density at radius 3 is 2.50 bits per heavy atom. The molecule has 0 N–H and O–H groups in total. The van der Waals surface area contributed by atoms with E-state index in [0.29, 0.717) is 12.1 Å². The highest BCUT2D eigenvalue weighted by Gasteiger charge is 2.16. The molecule has 0 aromatic rings. The quantitative estimate of drug-likeness (QED) is 0.549. The van der Waals surface area contributed by atoms with Crippen LogP contribution in [-0.4, -0.2) is 11.5 Å². The van der Waals surface area contributed by atoms with E-state index < -0.39 is 0 Å². The van der Waals surface area contributed by atoms with E-state index in [9.17, 15) is 4.79 Å². The van der Waals surface area contributed by atoms with Crippen molar-refractivity contribution < 1.29 is 4.79 Å². The Bertz CT molecular complexity index is 257. The highest BCUT2D eigenvalue weighted by atomic mass is 16.1. The van der Waals surface area contributed by atoms with E-state index in [1.54, 1.807) is 0 Å². The van der Waals surface area contributed by atoms with Crippen molar-refractivity contribution in [3.8, 4) is 0 Å². The number of nitrogens with zero attached hydrogens (tertiary/aromatic N) is 1. The number of hydrogen-bond acceptors (Lipinski definition) is 2. The lowest BCUT2D eigenvalue weighted by atomic mass is 9.96. The average molecular weight is 165 g/mol. The van der Waals surface area contributed by atoms with Crippen LogP contribution < -0.4 is 0 Å². The van der Waals surface area contributed by atoms with Gasteiger partial charge >= 0.3 is 0 Å². The van der Waals surface area contributed by atoms with Crippen molar-refractivity contribution in [1.82, 2.24) is 0 Å². The molecule has 0 aromatic heterocycles. The van der Waals surface area contributed by atoms with Crippen LogP contribution in [0.15, 0.2) is 16.3 Å². The topological polar surface area (TPSA) is 29.4 Å². The third kappa shape index (κ3) is 2.03. The molecule has 0 saturated heterocycles. The number of ketones is 1. The first-order valence-corrected chi connectivity index (χ1v) is 4.36. The molecule has 0 fully saturated rings. The summed E-state index contributed by atoms with van der Waals surface area (Å²) in [7, 11) is 0. The zero-order valence-electron chi connectivity index (χ0n) is 7.98. The first-order valence-electron chi connectivity index (χ1n) is 4.36. The second kappa shape index (κ2) is 3.65. The summed E-state index contributed by atoms with van der Waals surface area (Å²) < 4.78 is 0. The molecule has 0 heterocycles. The number of Topliss-reactive ketones (excluding diaryl/α,β-unsaturated/α-hetero) is 1. The Kier molecular flexibility index (Phi) is 2.79. The summed E-state index contributed by atoms with van der Waals surface area (Å²) in [5.74, 6) is 0.208. The summed E-state index contributed by atoms with van der Waals surface area (Å²) in [6.45, 7) is 5.84. The SMILES string of the molecule is CC(C)=NC1=C(C)CCCC1=O. The van der Waals surface area contributed by atoms with Crippen molar-refractivity contribution in [1.29, 1.82) is 0 Å². The number of allylic oxidation sites excluding steroid dienone is 2. The number of carbonyl (C=O) groups excluding carboxylic acids is 1. The number of aliphatic imine (C=N–C) groups is 1. The summed E-state index contributed by atoms with van der Waals surface area (Å²) in [5.41, 5.74) is 2.81. The van der Waals surface area contributed by atoms with Gasteiger partial charge in [0.1, 0.15) is 5.70 Å². The molecule has 0 unspecified atom stereocenters. The van der Waals surface area contributed by atoms with E-state index in [1.165, 1.54) is 0 Å². The molecular weight excluding hydrogens is 150 g/mol. The molecule has 2 heteroatoms. The largest absolute Gasteiger partial charge is 0.292 e. The molecule has 0 aromatic carbocycles. The van der Waals surface area contributed by atoms with Gasteiger partial charge in [-0.15, -0.1) is 0 Å². The molecule has 0 atom stereocenters. The van der Waals surface area contributed by atoms with E-state index in [4.69, 9.17) is 0 Å². The summed E-state index contributed by atoms with van der Waals surface area (Å²) >= 11 is 0. The van der Waals surface area contributed by atoms with Gasteiger partial charge < -0.3 is 0 Å². The predicted octanol–water partition coefficient (Wildman–Crippen LogP) is 2.49. The molecule has 2 nitrogen and oxygen atoms in total. The first kappa shape index (κ1) is 9.17. The Hall–Kier alpha value is -0.920. The van der Waals surface area contributed by atoms with Gasteiger partial charge in [-0.25, -0.2) is 0 Å². The highest BCUT2D eigenvalue weighted by molar-refractivity contribution is 5.99. The molecular formula is C10H15NO. The van der Waals surface area contributed by atoms with E-state index >= 15 is 0 Å². The molecule has 1 aliphatic rings. The van der Waals surface area contributed by atoms with Crippen molar-refractivity contribution in [3.05, 3.63) is 11.3 Å². The summed E-state index contributed by atoms with van der Waals surface area (Å²) in [4.78, 5) is 15.6. The Morgan fingerprint density at radius 2 is 2.00 bits per heavy atom. The Labute approximate surface area is 73.4 Å². The lowest BCUT2D eigenvalue weighted by Crippen LogP contribution is -2.09. The maximum Gasteiger partial charge on any atom is 0.181 e. The van der Waals surface area contributed by atoms with Crippen molar-refractivity contribution in [2.24, 2.45) is 4.99 Å². The third-order valence-corrected chi connectivity index (χ3v) is 1.96. The zero-order chi connectivity index (χ0) is 9.14. The highest BCUT2D eigenvalue weighted by Crippen LogP contribution is 2.22. The van der Waals surface area contributed by atoms with Gasteiger partial charge in [-0.3, -0.25) is 9.79 Å². The van der Waals surface area contributed by atoms with Gasteiger partial charge in [0.15, 0.2) is 5.78 Å². The average Bonchev–Trinajstić information content (AvgIpc) is 1.97. The molecule has 66 valence electrons. The van der Waals surface area contributed by atoms with Crippen LogP contribution in [0.5, 0.6) is 0 Å². The van der Waals surface area contributed by atoms with Crippen LogP contribution >= 0.6 is 0 Å². The fourth-order valence-corrected chi connectivity index (χ4v) is 1.37. The van der Waals surface area contributed by atoms with Crippen molar-refractivity contribution in [3.63, 3.8) is 0 Å². The lowest BCUT2D eigenvalue weighted by Gasteiger charge is -2.12. The van der Waals surface area contributed by atoms with Crippen LogP contribution in [0.2, 0.25) is 0 Å². The second-order valence-electron chi connectivity index (χ2n) is 3.46. The van der Waals surface area contributed by atoms with Gasteiger partial charge in [0.25, 0.3) is 0 Å². The molecule has 0 bridgehead atoms. The minimum Gasteiger partial charge on any atom is -0.292 e. The first-order chi connectivity index (χ1) is 5.61. The van der Waals surface area contributed by atoms with Gasteiger partial charge in [0.2, 0.25) is 0 Å². The van der Waals surface area contributed by atoms with E-state index in [0.717, 1.165) is 24.1 Å². The molecule has 1 aliphatic carbocycles. The molecule has 0 saturated carbocycles. The van der Waals surface area contributed by atoms with Crippen LogP contribution in [0, 0.1) is 0 Å². The van der Waals surface area contributed by atoms with E-state index in [1.807, 2.05) is 20.8 Å². The molecule has 0 spiro atoms. The van der Waals surface area contributed by atoms with Gasteiger partial charge in [0.05, 0.1) is 0 Å². The number of carbonyl (C=O) groups is 1. The fourth-order valence-electron chi connectivity index (χ4n) is 1.37. The smallest absolute Gasteiger partial charge is 0.181 e. The minimum atomic E-state index is 0.208. The van der Waals surface area contributed by atoms with Crippen LogP contribution in [0.3, 0.4) is 0 Å². The zero-order valence-corrected chi connectivity index (χ0v) is 7.98. The molecule has 0 amide bonds. The van der Waals surface area contributed by atoms with Crippen LogP contribution in [0.25, 0.3) is 0 Å². The van der Waals surface area contributed by atoms with E-state index in [-0.39, 0.29) is 5.78 Å². The molecule has 0 radical (unpaired) electrons. The predicted molar refractivity (Wildman–Crippen MR) is 50.3 cm³/mol. The molecule has 12 heavy (non-hydrogen) atoms. The Morgan fingerprint density at radius 1 is 1.33 bits per heavy atom. The number of rotatable bonds is 1. The van der Waals surface area contributed by atoms with Crippen LogP contribution in [0.1, 0.15) is 40.0 Å². The Balaban J connectivity index is 2.97. The monoisotopic (exact) mass is 165 g/mol. The fraction of sp³-hybridized carbons (Fsp3) is 0.600. The van der Waals surface area contributed by atoms with Crippen LogP contribution in [0.4, 0.5) is 0 Å².